The molecule has 0 heterocycles. The second-order valence-electron chi connectivity index (χ2n) is 2.31. The van der Waals surface area contributed by atoms with E-state index in [0.29, 0.717) is 0 Å². The van der Waals surface area contributed by atoms with Crippen molar-refractivity contribution in [3.05, 3.63) is 30.3 Å². The number of hydrogen-bond acceptors (Lipinski definition) is 1. The van der Waals surface area contributed by atoms with Crippen LogP contribution in [0.4, 0.5) is 0 Å². The molecule has 1 aromatic rings. The Hall–Kier alpha value is -1.33. The van der Waals surface area contributed by atoms with Gasteiger partial charge in [-0.05, 0) is 0 Å². The minimum absolute atomic E-state index is 0. The molecule has 0 saturated heterocycles. The van der Waals surface area contributed by atoms with Gasteiger partial charge in [0.2, 0.25) is 5.91 Å². The smallest absolute Gasteiger partial charge is 0.214 e. The highest BCUT2D eigenvalue weighted by Crippen LogP contribution is 1.79. The van der Waals surface area contributed by atoms with Crippen LogP contribution in [0, 0.1) is 0 Å². The fraction of sp³-hybridized carbons (Fsp3) is 0.222. The van der Waals surface area contributed by atoms with Crippen LogP contribution in [-0.2, 0) is 4.79 Å². The van der Waals surface area contributed by atoms with E-state index in [-0.39, 0.29) is 16.9 Å². The van der Waals surface area contributed by atoms with Crippen LogP contribution in [0.25, 0.3) is 0 Å². The van der Waals surface area contributed by atoms with E-state index >= 15 is 0 Å². The predicted octanol–water partition coefficient (Wildman–Crippen LogP) is -1.09. The number of rotatable bonds is 1. The van der Waals surface area contributed by atoms with Crippen molar-refractivity contribution in [1.29, 1.82) is 0 Å². The average molecular weight is 198 g/mol. The van der Waals surface area contributed by atoms with E-state index in [4.69, 9.17) is 0 Å². The van der Waals surface area contributed by atoms with Gasteiger partial charge in [-0.3, -0.25) is 4.79 Å². The Morgan fingerprint density at radius 2 is 1.57 bits per heavy atom. The van der Waals surface area contributed by atoms with Gasteiger partial charge in [-0.2, -0.15) is 0 Å². The fourth-order valence-electron chi connectivity index (χ4n) is 0.645. The zero-order valence-electron chi connectivity index (χ0n) is 8.45. The first kappa shape index (κ1) is 18.5. The van der Waals surface area contributed by atoms with Gasteiger partial charge in [0.1, 0.15) is 7.28 Å². The number of amides is 1. The van der Waals surface area contributed by atoms with Crippen LogP contribution in [0.3, 0.4) is 0 Å². The monoisotopic (exact) mass is 198 g/mol. The first-order valence-electron chi connectivity index (χ1n) is 3.77. The molecule has 0 aliphatic rings. The largest absolute Gasteiger partial charge is 0.412 e. The molecule has 0 aliphatic carbocycles. The van der Waals surface area contributed by atoms with Gasteiger partial charge in [-0.1, -0.05) is 42.6 Å². The summed E-state index contributed by atoms with van der Waals surface area (Å²) >= 11 is 0. The number of nitrogens with two attached hydrogens (primary N) is 1. The molecule has 1 radical (unpaired) electrons. The van der Waals surface area contributed by atoms with Gasteiger partial charge >= 0.3 is 0 Å². The van der Waals surface area contributed by atoms with Gasteiger partial charge in [0.05, 0.1) is 0 Å². The standard InChI is InChI=1S/C7H8B.C2H5NO.2H2O/c1-8-7-5-3-2-4-6-7;1-2(3)4;;/h2-6H,1H3;1H3,(H2,3,4);2*1H2. The lowest BCUT2D eigenvalue weighted by Gasteiger charge is -1.88. The van der Waals surface area contributed by atoms with Crippen molar-refractivity contribution >= 4 is 18.6 Å². The van der Waals surface area contributed by atoms with Crippen molar-refractivity contribution in [2.75, 3.05) is 0 Å². The van der Waals surface area contributed by atoms with Crippen molar-refractivity contribution in [3.8, 4) is 0 Å². The molecular weight excluding hydrogens is 181 g/mol. The normalized spacial score (nSPS) is 6.71. The minimum Gasteiger partial charge on any atom is -0.412 e. The van der Waals surface area contributed by atoms with E-state index < -0.39 is 0 Å². The molecule has 79 valence electrons. The Labute approximate surface area is 85.0 Å². The Balaban J connectivity index is -0.000000180. The van der Waals surface area contributed by atoms with E-state index in [1.807, 2.05) is 25.0 Å². The molecule has 5 heteroatoms. The Bertz CT molecular complexity index is 225. The van der Waals surface area contributed by atoms with Crippen LogP contribution in [0.5, 0.6) is 0 Å². The first-order chi connectivity index (χ1) is 5.66. The lowest BCUT2D eigenvalue weighted by molar-refractivity contribution is -0.115. The third-order valence-electron chi connectivity index (χ3n) is 1.13. The summed E-state index contributed by atoms with van der Waals surface area (Å²) in [6.45, 7) is 3.34. The Kier molecular flexibility index (Phi) is 15.4. The van der Waals surface area contributed by atoms with Crippen LogP contribution >= 0.6 is 0 Å². The molecule has 6 N–H and O–H groups in total. The van der Waals surface area contributed by atoms with Gasteiger partial charge in [0.25, 0.3) is 0 Å². The number of primary amides is 1. The summed E-state index contributed by atoms with van der Waals surface area (Å²) in [6, 6.07) is 10.3. The average Bonchev–Trinajstić information content (AvgIpc) is 2.05. The van der Waals surface area contributed by atoms with E-state index in [0.717, 1.165) is 0 Å². The fourth-order valence-corrected chi connectivity index (χ4v) is 0.645. The lowest BCUT2D eigenvalue weighted by atomic mass is 9.74. The van der Waals surface area contributed by atoms with Crippen LogP contribution in [0.15, 0.2) is 30.3 Å². The second kappa shape index (κ2) is 11.7. The summed E-state index contributed by atoms with van der Waals surface area (Å²) < 4.78 is 0. The highest BCUT2D eigenvalue weighted by atomic mass is 16.1. The molecule has 0 aliphatic heterocycles. The molecule has 0 aromatic heterocycles. The van der Waals surface area contributed by atoms with Crippen molar-refractivity contribution in [2.45, 2.75) is 13.7 Å². The third-order valence-corrected chi connectivity index (χ3v) is 1.13. The van der Waals surface area contributed by atoms with E-state index in [2.05, 4.69) is 25.1 Å². The molecule has 4 nitrogen and oxygen atoms in total. The zero-order valence-corrected chi connectivity index (χ0v) is 8.45. The molecule has 0 fully saturated rings. The molecule has 14 heavy (non-hydrogen) atoms. The zero-order chi connectivity index (χ0) is 9.40. The summed E-state index contributed by atoms with van der Waals surface area (Å²) in [6.07, 6.45) is 0. The number of carbonyl (C=O) groups is 1. The quantitative estimate of drug-likeness (QED) is 0.568. The maximum Gasteiger partial charge on any atom is 0.214 e. The summed E-state index contributed by atoms with van der Waals surface area (Å²) in [5.74, 6) is -0.333. The maximum atomic E-state index is 9.22. The molecule has 1 amide bonds. The van der Waals surface area contributed by atoms with Crippen molar-refractivity contribution in [3.63, 3.8) is 0 Å². The van der Waals surface area contributed by atoms with E-state index in [9.17, 15) is 4.79 Å². The second-order valence-corrected chi connectivity index (χ2v) is 2.31. The topological polar surface area (TPSA) is 106 Å². The van der Waals surface area contributed by atoms with Gasteiger partial charge in [0.15, 0.2) is 0 Å². The lowest BCUT2D eigenvalue weighted by Crippen LogP contribution is -2.07. The van der Waals surface area contributed by atoms with Crippen LogP contribution in [-0.4, -0.2) is 24.1 Å². The minimum atomic E-state index is -0.333. The SMILES string of the molecule is CC(N)=O.C[B]c1ccccc1.O.O. The molecule has 0 bridgehead atoms. The van der Waals surface area contributed by atoms with Crippen LogP contribution in [0.1, 0.15) is 6.92 Å². The highest BCUT2D eigenvalue weighted by Gasteiger charge is 1.82. The summed E-state index contributed by atoms with van der Waals surface area (Å²) in [4.78, 5) is 9.22. The van der Waals surface area contributed by atoms with Gasteiger partial charge in [-0.15, -0.1) is 0 Å². The molecule has 0 unspecified atom stereocenters. The molecule has 0 saturated carbocycles. The molecule has 0 spiro atoms. The molecular formula is C9H17BNO3. The predicted molar refractivity (Wildman–Crippen MR) is 59.8 cm³/mol. The summed E-state index contributed by atoms with van der Waals surface area (Å²) in [5.41, 5.74) is 5.76. The molecule has 1 rings (SSSR count). The third kappa shape index (κ3) is 13.3. The number of benzene rings is 1. The van der Waals surface area contributed by atoms with Gasteiger partial charge in [-0.25, -0.2) is 0 Å². The number of carbonyl (C=O) groups excluding carboxylic acids is 1. The summed E-state index contributed by atoms with van der Waals surface area (Å²) in [7, 11) is 2.08. The highest BCUT2D eigenvalue weighted by molar-refractivity contribution is 6.51. The Morgan fingerprint density at radius 1 is 1.21 bits per heavy atom. The number of hydrogen-bond donors (Lipinski definition) is 1. The Morgan fingerprint density at radius 3 is 1.79 bits per heavy atom. The molecule has 0 atom stereocenters. The van der Waals surface area contributed by atoms with Gasteiger partial charge < -0.3 is 16.7 Å². The van der Waals surface area contributed by atoms with Gasteiger partial charge in [0, 0.05) is 6.92 Å². The van der Waals surface area contributed by atoms with Crippen molar-refractivity contribution in [2.24, 2.45) is 5.73 Å². The van der Waals surface area contributed by atoms with E-state index in [1.54, 1.807) is 0 Å². The van der Waals surface area contributed by atoms with Crippen LogP contribution in [0.2, 0.25) is 6.82 Å². The molecule has 1 aromatic carbocycles. The van der Waals surface area contributed by atoms with Crippen molar-refractivity contribution in [1.82, 2.24) is 0 Å². The first-order valence-corrected chi connectivity index (χ1v) is 3.77. The van der Waals surface area contributed by atoms with E-state index in [1.165, 1.54) is 12.4 Å². The van der Waals surface area contributed by atoms with Crippen molar-refractivity contribution < 1.29 is 15.7 Å². The van der Waals surface area contributed by atoms with Crippen LogP contribution < -0.4 is 11.2 Å². The maximum absolute atomic E-state index is 9.22. The summed E-state index contributed by atoms with van der Waals surface area (Å²) in [5, 5.41) is 0.